The Kier molecular flexibility index (Phi) is 3.45. The van der Waals surface area contributed by atoms with Crippen molar-refractivity contribution >= 4 is 5.97 Å². The van der Waals surface area contributed by atoms with Gasteiger partial charge in [-0.2, -0.15) is 5.10 Å². The summed E-state index contributed by atoms with van der Waals surface area (Å²) in [5.74, 6) is 0.512. The van der Waals surface area contributed by atoms with Crippen molar-refractivity contribution in [3.05, 3.63) is 11.6 Å². The summed E-state index contributed by atoms with van der Waals surface area (Å²) in [6.07, 6.45) is 4.83. The van der Waals surface area contributed by atoms with E-state index in [1.807, 2.05) is 18.5 Å². The number of hydrogen-bond donors (Lipinski definition) is 1. The first-order valence-electron chi connectivity index (χ1n) is 6.22. The number of aliphatic carboxylic acids is 1. The molecule has 0 spiro atoms. The van der Waals surface area contributed by atoms with Gasteiger partial charge in [0.15, 0.2) is 0 Å². The molecular formula is C12H19N3O2. The van der Waals surface area contributed by atoms with Gasteiger partial charge in [-0.3, -0.25) is 4.79 Å². The molecule has 1 N–H and O–H groups in total. The summed E-state index contributed by atoms with van der Waals surface area (Å²) in [7, 11) is 0. The standard InChI is InChI=1S/C12H19N3O2/c1-8-13-9(2)15(14-8)11-7-5-3-4-6-10(11)12(16)17/h10-11H,3-7H2,1-2H3,(H,16,17). The first kappa shape index (κ1) is 12.1. The number of aromatic nitrogens is 3. The van der Waals surface area contributed by atoms with E-state index < -0.39 is 5.97 Å². The molecule has 17 heavy (non-hydrogen) atoms. The number of nitrogens with zero attached hydrogens (tertiary/aromatic N) is 3. The predicted octanol–water partition coefficient (Wildman–Crippen LogP) is 2.10. The third-order valence-corrected chi connectivity index (χ3v) is 3.52. The van der Waals surface area contributed by atoms with Gasteiger partial charge >= 0.3 is 5.97 Å². The molecule has 1 aromatic heterocycles. The molecule has 1 aromatic rings. The van der Waals surface area contributed by atoms with Gasteiger partial charge < -0.3 is 5.11 Å². The molecule has 2 rings (SSSR count). The van der Waals surface area contributed by atoms with Crippen LogP contribution in [-0.2, 0) is 4.79 Å². The van der Waals surface area contributed by atoms with Crippen LogP contribution >= 0.6 is 0 Å². The van der Waals surface area contributed by atoms with E-state index >= 15 is 0 Å². The Balaban J connectivity index is 2.31. The Hall–Kier alpha value is -1.39. The van der Waals surface area contributed by atoms with Crippen molar-refractivity contribution in [3.63, 3.8) is 0 Å². The van der Waals surface area contributed by atoms with Gasteiger partial charge in [-0.15, -0.1) is 0 Å². The van der Waals surface area contributed by atoms with E-state index in [1.165, 1.54) is 0 Å². The lowest BCUT2D eigenvalue weighted by Gasteiger charge is -2.22. The quantitative estimate of drug-likeness (QED) is 0.800. The summed E-state index contributed by atoms with van der Waals surface area (Å²) in [6, 6.07) is -0.0313. The highest BCUT2D eigenvalue weighted by atomic mass is 16.4. The van der Waals surface area contributed by atoms with Crippen molar-refractivity contribution in [1.82, 2.24) is 14.8 Å². The monoisotopic (exact) mass is 237 g/mol. The van der Waals surface area contributed by atoms with Crippen molar-refractivity contribution < 1.29 is 9.90 Å². The lowest BCUT2D eigenvalue weighted by atomic mass is 9.95. The van der Waals surface area contributed by atoms with Crippen LogP contribution in [0.1, 0.15) is 49.8 Å². The van der Waals surface area contributed by atoms with E-state index in [4.69, 9.17) is 0 Å². The molecular weight excluding hydrogens is 218 g/mol. The molecule has 0 bridgehead atoms. The molecule has 5 nitrogen and oxygen atoms in total. The van der Waals surface area contributed by atoms with E-state index in [1.54, 1.807) is 0 Å². The minimum atomic E-state index is -0.704. The minimum Gasteiger partial charge on any atom is -0.481 e. The lowest BCUT2D eigenvalue weighted by Crippen LogP contribution is -2.27. The van der Waals surface area contributed by atoms with Crippen LogP contribution in [0.25, 0.3) is 0 Å². The third-order valence-electron chi connectivity index (χ3n) is 3.52. The Morgan fingerprint density at radius 2 is 2.00 bits per heavy atom. The Morgan fingerprint density at radius 1 is 1.29 bits per heavy atom. The normalized spacial score (nSPS) is 25.5. The third kappa shape index (κ3) is 2.48. The van der Waals surface area contributed by atoms with E-state index in [0.717, 1.165) is 43.8 Å². The fourth-order valence-electron chi connectivity index (χ4n) is 2.72. The van der Waals surface area contributed by atoms with Crippen molar-refractivity contribution in [1.29, 1.82) is 0 Å². The highest BCUT2D eigenvalue weighted by molar-refractivity contribution is 5.70. The molecule has 1 aliphatic rings. The molecule has 2 atom stereocenters. The highest BCUT2D eigenvalue weighted by Gasteiger charge is 2.32. The second-order valence-electron chi connectivity index (χ2n) is 4.80. The van der Waals surface area contributed by atoms with Crippen molar-refractivity contribution in [2.24, 2.45) is 5.92 Å². The number of rotatable bonds is 2. The summed E-state index contributed by atoms with van der Waals surface area (Å²) in [5.41, 5.74) is 0. The number of carboxylic acid groups (broad SMARTS) is 1. The molecule has 1 saturated carbocycles. The summed E-state index contributed by atoms with van der Waals surface area (Å²) in [4.78, 5) is 15.6. The lowest BCUT2D eigenvalue weighted by molar-refractivity contribution is -0.143. The van der Waals surface area contributed by atoms with Gasteiger partial charge in [0.2, 0.25) is 0 Å². The molecule has 1 fully saturated rings. The minimum absolute atomic E-state index is 0.0313. The summed E-state index contributed by atoms with van der Waals surface area (Å²) < 4.78 is 1.82. The zero-order valence-electron chi connectivity index (χ0n) is 10.4. The van der Waals surface area contributed by atoms with Gasteiger partial charge in [-0.25, -0.2) is 9.67 Å². The molecule has 0 aliphatic heterocycles. The number of aryl methyl sites for hydroxylation is 2. The molecule has 0 aromatic carbocycles. The number of carbonyl (C=O) groups is 1. The predicted molar refractivity (Wildman–Crippen MR) is 62.7 cm³/mol. The van der Waals surface area contributed by atoms with Crippen LogP contribution in [0.4, 0.5) is 0 Å². The van der Waals surface area contributed by atoms with E-state index in [-0.39, 0.29) is 12.0 Å². The molecule has 1 aliphatic carbocycles. The van der Waals surface area contributed by atoms with Crippen LogP contribution in [0.3, 0.4) is 0 Å². The van der Waals surface area contributed by atoms with Crippen LogP contribution in [0, 0.1) is 19.8 Å². The van der Waals surface area contributed by atoms with Crippen molar-refractivity contribution in [2.75, 3.05) is 0 Å². The van der Waals surface area contributed by atoms with Crippen LogP contribution in [0.5, 0.6) is 0 Å². The first-order valence-corrected chi connectivity index (χ1v) is 6.22. The van der Waals surface area contributed by atoms with Crippen molar-refractivity contribution in [3.8, 4) is 0 Å². The Bertz CT molecular complexity index is 414. The van der Waals surface area contributed by atoms with Crippen LogP contribution in [0.15, 0.2) is 0 Å². The summed E-state index contributed by atoms with van der Waals surface area (Å²) in [5, 5.41) is 13.7. The molecule has 2 unspecified atom stereocenters. The molecule has 0 radical (unpaired) electrons. The first-order chi connectivity index (χ1) is 8.09. The van der Waals surface area contributed by atoms with Crippen LogP contribution in [0.2, 0.25) is 0 Å². The van der Waals surface area contributed by atoms with Gasteiger partial charge in [0.25, 0.3) is 0 Å². The van der Waals surface area contributed by atoms with Gasteiger partial charge in [-0.05, 0) is 26.7 Å². The molecule has 1 heterocycles. The Labute approximate surface area is 101 Å². The number of hydrogen-bond acceptors (Lipinski definition) is 3. The highest BCUT2D eigenvalue weighted by Crippen LogP contribution is 2.33. The van der Waals surface area contributed by atoms with Gasteiger partial charge in [0.1, 0.15) is 11.6 Å². The molecule has 0 amide bonds. The maximum atomic E-state index is 11.3. The average Bonchev–Trinajstić information content (AvgIpc) is 2.51. The van der Waals surface area contributed by atoms with E-state index in [2.05, 4.69) is 10.1 Å². The number of carboxylic acids is 1. The van der Waals surface area contributed by atoms with Gasteiger partial charge in [-0.1, -0.05) is 19.3 Å². The fourth-order valence-corrected chi connectivity index (χ4v) is 2.72. The molecule has 94 valence electrons. The van der Waals surface area contributed by atoms with Crippen LogP contribution < -0.4 is 0 Å². The fraction of sp³-hybridized carbons (Fsp3) is 0.750. The maximum absolute atomic E-state index is 11.3. The maximum Gasteiger partial charge on any atom is 0.308 e. The summed E-state index contributed by atoms with van der Waals surface area (Å²) in [6.45, 7) is 3.74. The van der Waals surface area contributed by atoms with E-state index in [9.17, 15) is 9.90 Å². The second-order valence-corrected chi connectivity index (χ2v) is 4.80. The second kappa shape index (κ2) is 4.85. The smallest absolute Gasteiger partial charge is 0.308 e. The zero-order valence-corrected chi connectivity index (χ0v) is 10.4. The largest absolute Gasteiger partial charge is 0.481 e. The topological polar surface area (TPSA) is 68.0 Å². The average molecular weight is 237 g/mol. The van der Waals surface area contributed by atoms with Gasteiger partial charge in [0.05, 0.1) is 12.0 Å². The Morgan fingerprint density at radius 3 is 2.59 bits per heavy atom. The summed E-state index contributed by atoms with van der Waals surface area (Å²) >= 11 is 0. The SMILES string of the molecule is Cc1nc(C)n(C2CCCCCC2C(=O)O)n1. The van der Waals surface area contributed by atoms with Crippen LogP contribution in [-0.4, -0.2) is 25.8 Å². The zero-order chi connectivity index (χ0) is 12.4. The van der Waals surface area contributed by atoms with Crippen molar-refractivity contribution in [2.45, 2.75) is 52.0 Å². The molecule has 5 heteroatoms. The van der Waals surface area contributed by atoms with Gasteiger partial charge in [0, 0.05) is 0 Å². The van der Waals surface area contributed by atoms with E-state index in [0.29, 0.717) is 0 Å². The molecule has 0 saturated heterocycles.